The van der Waals surface area contributed by atoms with Gasteiger partial charge < -0.3 is 9.47 Å². The summed E-state index contributed by atoms with van der Waals surface area (Å²) in [7, 11) is 3.99. The van der Waals surface area contributed by atoms with Gasteiger partial charge in [0.05, 0.1) is 6.20 Å². The molecule has 0 aliphatic heterocycles. The van der Waals surface area contributed by atoms with Gasteiger partial charge in [-0.15, -0.1) is 0 Å². The minimum absolute atomic E-state index is 0.983. The van der Waals surface area contributed by atoms with Gasteiger partial charge in [-0.05, 0) is 19.1 Å². The molecule has 3 nitrogen and oxygen atoms in total. The first-order chi connectivity index (χ1) is 7.18. The van der Waals surface area contributed by atoms with Crippen LogP contribution in [0.1, 0.15) is 5.82 Å². The van der Waals surface area contributed by atoms with Crippen molar-refractivity contribution in [2.75, 3.05) is 19.0 Å². The first-order valence-corrected chi connectivity index (χ1v) is 4.97. The summed E-state index contributed by atoms with van der Waals surface area (Å²) in [6, 6.07) is 10.2. The fraction of sp³-hybridized carbons (Fsp3) is 0.250. The van der Waals surface area contributed by atoms with Gasteiger partial charge in [-0.2, -0.15) is 0 Å². The highest BCUT2D eigenvalue weighted by Crippen LogP contribution is 2.16. The third kappa shape index (κ3) is 1.86. The molecule has 0 N–H and O–H groups in total. The average Bonchev–Trinajstić information content (AvgIpc) is 2.62. The van der Waals surface area contributed by atoms with E-state index in [0.717, 1.165) is 17.3 Å². The van der Waals surface area contributed by atoms with Gasteiger partial charge in [0.25, 0.3) is 0 Å². The monoisotopic (exact) mass is 201 g/mol. The van der Waals surface area contributed by atoms with E-state index in [1.165, 1.54) is 0 Å². The van der Waals surface area contributed by atoms with E-state index >= 15 is 0 Å². The summed E-state index contributed by atoms with van der Waals surface area (Å²) in [6.07, 6.45) is 2.05. The molecule has 0 spiro atoms. The van der Waals surface area contributed by atoms with E-state index in [-0.39, 0.29) is 0 Å². The smallest absolute Gasteiger partial charge is 0.146 e. The third-order valence-corrected chi connectivity index (χ3v) is 2.36. The first kappa shape index (κ1) is 9.77. The predicted molar refractivity (Wildman–Crippen MR) is 62.6 cm³/mol. The number of benzene rings is 1. The van der Waals surface area contributed by atoms with Crippen molar-refractivity contribution in [3.63, 3.8) is 0 Å². The van der Waals surface area contributed by atoms with Crippen molar-refractivity contribution in [3.05, 3.63) is 42.4 Å². The Balaban J connectivity index is 2.45. The Hall–Kier alpha value is -1.77. The molecule has 0 saturated heterocycles. The maximum Gasteiger partial charge on any atom is 0.146 e. The number of imidazole rings is 1. The zero-order valence-corrected chi connectivity index (χ0v) is 9.31. The second kappa shape index (κ2) is 3.77. The third-order valence-electron chi connectivity index (χ3n) is 2.36. The van der Waals surface area contributed by atoms with Crippen LogP contribution in [-0.4, -0.2) is 23.6 Å². The fourth-order valence-electron chi connectivity index (χ4n) is 1.52. The maximum atomic E-state index is 4.48. The topological polar surface area (TPSA) is 21.1 Å². The van der Waals surface area contributed by atoms with E-state index in [1.807, 2.05) is 50.3 Å². The standard InChI is InChI=1S/C12H15N3/c1-10-13-12(14(2)3)9-15(10)11-7-5-4-6-8-11/h4-9H,1-3H3. The number of nitrogens with zero attached hydrogens (tertiary/aromatic N) is 3. The van der Waals surface area contributed by atoms with Crippen LogP contribution in [0.4, 0.5) is 5.82 Å². The molecule has 78 valence electrons. The van der Waals surface area contributed by atoms with Crippen molar-refractivity contribution in [1.29, 1.82) is 0 Å². The lowest BCUT2D eigenvalue weighted by molar-refractivity contribution is 0.974. The van der Waals surface area contributed by atoms with Crippen molar-refractivity contribution in [1.82, 2.24) is 9.55 Å². The summed E-state index contributed by atoms with van der Waals surface area (Å²) in [6.45, 7) is 2.01. The number of hydrogen-bond acceptors (Lipinski definition) is 2. The summed E-state index contributed by atoms with van der Waals surface area (Å²) in [5, 5.41) is 0. The van der Waals surface area contributed by atoms with Crippen molar-refractivity contribution >= 4 is 5.82 Å². The molecule has 3 heteroatoms. The first-order valence-electron chi connectivity index (χ1n) is 4.97. The van der Waals surface area contributed by atoms with Crippen LogP contribution < -0.4 is 4.90 Å². The van der Waals surface area contributed by atoms with Crippen LogP contribution in [0.3, 0.4) is 0 Å². The number of aryl methyl sites for hydroxylation is 1. The van der Waals surface area contributed by atoms with Gasteiger partial charge >= 0.3 is 0 Å². The zero-order valence-electron chi connectivity index (χ0n) is 9.31. The molecular weight excluding hydrogens is 186 g/mol. The Kier molecular flexibility index (Phi) is 2.46. The zero-order chi connectivity index (χ0) is 10.8. The van der Waals surface area contributed by atoms with Crippen molar-refractivity contribution in [2.45, 2.75) is 6.92 Å². The van der Waals surface area contributed by atoms with Crippen molar-refractivity contribution in [3.8, 4) is 5.69 Å². The molecule has 0 atom stereocenters. The molecule has 2 rings (SSSR count). The summed E-state index contributed by atoms with van der Waals surface area (Å²) >= 11 is 0. The van der Waals surface area contributed by atoms with Crippen LogP contribution in [0.25, 0.3) is 5.69 Å². The summed E-state index contributed by atoms with van der Waals surface area (Å²) in [5.41, 5.74) is 1.15. The minimum Gasteiger partial charge on any atom is -0.361 e. The molecule has 1 heterocycles. The second-order valence-corrected chi connectivity index (χ2v) is 3.75. The number of anilines is 1. The lowest BCUT2D eigenvalue weighted by atomic mass is 10.3. The van der Waals surface area contributed by atoms with Crippen LogP contribution in [0.2, 0.25) is 0 Å². The van der Waals surface area contributed by atoms with Gasteiger partial charge in [0.15, 0.2) is 0 Å². The summed E-state index contributed by atoms with van der Waals surface area (Å²) in [4.78, 5) is 6.48. The van der Waals surface area contributed by atoms with Gasteiger partial charge in [0.2, 0.25) is 0 Å². The minimum atomic E-state index is 0.983. The fourth-order valence-corrected chi connectivity index (χ4v) is 1.52. The molecule has 2 aromatic rings. The summed E-state index contributed by atoms with van der Waals surface area (Å²) < 4.78 is 2.09. The van der Waals surface area contributed by atoms with Crippen LogP contribution >= 0.6 is 0 Å². The van der Waals surface area contributed by atoms with Gasteiger partial charge in [-0.25, -0.2) is 4.98 Å². The van der Waals surface area contributed by atoms with E-state index in [2.05, 4.69) is 21.7 Å². The van der Waals surface area contributed by atoms with E-state index in [9.17, 15) is 0 Å². The number of hydrogen-bond donors (Lipinski definition) is 0. The summed E-state index contributed by atoms with van der Waals surface area (Å²) in [5.74, 6) is 1.99. The lowest BCUT2D eigenvalue weighted by Crippen LogP contribution is -2.08. The molecule has 0 fully saturated rings. The molecule has 0 aliphatic rings. The van der Waals surface area contributed by atoms with Crippen molar-refractivity contribution in [2.24, 2.45) is 0 Å². The normalized spacial score (nSPS) is 10.3. The number of rotatable bonds is 2. The second-order valence-electron chi connectivity index (χ2n) is 3.75. The Bertz CT molecular complexity index is 443. The van der Waals surface area contributed by atoms with Crippen LogP contribution in [-0.2, 0) is 0 Å². The molecule has 0 amide bonds. The molecule has 0 radical (unpaired) electrons. The Morgan fingerprint density at radius 3 is 2.33 bits per heavy atom. The van der Waals surface area contributed by atoms with Crippen LogP contribution in [0.15, 0.2) is 36.5 Å². The van der Waals surface area contributed by atoms with Crippen LogP contribution in [0.5, 0.6) is 0 Å². The van der Waals surface area contributed by atoms with Gasteiger partial charge in [-0.1, -0.05) is 18.2 Å². The van der Waals surface area contributed by atoms with E-state index in [0.29, 0.717) is 0 Å². The molecule has 0 saturated carbocycles. The SMILES string of the molecule is Cc1nc(N(C)C)cn1-c1ccccc1. The van der Waals surface area contributed by atoms with Crippen molar-refractivity contribution < 1.29 is 0 Å². The quantitative estimate of drug-likeness (QED) is 0.743. The molecule has 1 aromatic heterocycles. The molecular formula is C12H15N3. The molecule has 0 bridgehead atoms. The predicted octanol–water partition coefficient (Wildman–Crippen LogP) is 2.25. The Morgan fingerprint density at radius 1 is 1.13 bits per heavy atom. The number of para-hydroxylation sites is 1. The molecule has 0 aliphatic carbocycles. The van der Waals surface area contributed by atoms with Gasteiger partial charge in [0, 0.05) is 19.8 Å². The van der Waals surface area contributed by atoms with E-state index in [1.54, 1.807) is 0 Å². The lowest BCUT2D eigenvalue weighted by Gasteiger charge is -2.06. The molecule has 0 unspecified atom stereocenters. The van der Waals surface area contributed by atoms with Gasteiger partial charge in [-0.3, -0.25) is 0 Å². The Morgan fingerprint density at radius 2 is 1.80 bits per heavy atom. The largest absolute Gasteiger partial charge is 0.361 e. The van der Waals surface area contributed by atoms with Crippen LogP contribution in [0, 0.1) is 6.92 Å². The highest BCUT2D eigenvalue weighted by molar-refractivity contribution is 5.42. The Labute approximate surface area is 90.0 Å². The molecule has 15 heavy (non-hydrogen) atoms. The van der Waals surface area contributed by atoms with E-state index < -0.39 is 0 Å². The number of aromatic nitrogens is 2. The average molecular weight is 201 g/mol. The maximum absolute atomic E-state index is 4.48. The highest BCUT2D eigenvalue weighted by atomic mass is 15.2. The molecule has 1 aromatic carbocycles. The van der Waals surface area contributed by atoms with E-state index in [4.69, 9.17) is 0 Å². The highest BCUT2D eigenvalue weighted by Gasteiger charge is 2.06. The van der Waals surface area contributed by atoms with Gasteiger partial charge in [0.1, 0.15) is 11.6 Å².